The quantitative estimate of drug-likeness (QED) is 0.548. The van der Waals surface area contributed by atoms with Crippen molar-refractivity contribution in [3.63, 3.8) is 0 Å². The van der Waals surface area contributed by atoms with Crippen LogP contribution < -0.4 is 0 Å². The molecule has 3 nitrogen and oxygen atoms in total. The molecule has 0 radical (unpaired) electrons. The van der Waals surface area contributed by atoms with Gasteiger partial charge in [-0.15, -0.1) is 11.8 Å². The molecule has 0 bridgehead atoms. The van der Waals surface area contributed by atoms with Crippen LogP contribution in [0.3, 0.4) is 0 Å². The maximum atomic E-state index is 13.9. The Morgan fingerprint density at radius 3 is 2.63 bits per heavy atom. The van der Waals surface area contributed by atoms with Gasteiger partial charge in [-0.25, -0.2) is 4.98 Å². The second-order valence-electron chi connectivity index (χ2n) is 6.14. The van der Waals surface area contributed by atoms with Crippen molar-refractivity contribution in [3.05, 3.63) is 70.7 Å². The highest BCUT2D eigenvalue weighted by atomic mass is 32.2. The summed E-state index contributed by atoms with van der Waals surface area (Å²) in [5.74, 6) is 1.06. The standard InChI is InChI=1S/C20H13F3N2OS/c21-20(22,23)17-14-6-7-16-13(8-9-26-16)18(14)25-19(15(17)10-24)27-11-12-4-2-1-3-5-12/h1-5,8-9H,6-7,11H2. The first-order valence-corrected chi connectivity index (χ1v) is 9.25. The molecule has 0 unspecified atom stereocenters. The zero-order valence-corrected chi connectivity index (χ0v) is 14.8. The van der Waals surface area contributed by atoms with E-state index in [4.69, 9.17) is 4.42 Å². The third kappa shape index (κ3) is 3.21. The number of alkyl halides is 3. The average Bonchev–Trinajstić information content (AvgIpc) is 3.14. The lowest BCUT2D eigenvalue weighted by molar-refractivity contribution is -0.138. The Morgan fingerprint density at radius 2 is 1.93 bits per heavy atom. The van der Waals surface area contributed by atoms with Gasteiger partial charge in [-0.2, -0.15) is 18.4 Å². The van der Waals surface area contributed by atoms with Crippen LogP contribution in [0.5, 0.6) is 0 Å². The number of fused-ring (bicyclic) bond motifs is 3. The first-order chi connectivity index (χ1) is 13.0. The van der Waals surface area contributed by atoms with Crippen molar-refractivity contribution in [1.29, 1.82) is 5.26 Å². The minimum absolute atomic E-state index is 0.0806. The molecular weight excluding hydrogens is 373 g/mol. The molecule has 0 saturated carbocycles. The molecule has 7 heteroatoms. The predicted octanol–water partition coefficient (Wildman–Crippen LogP) is 5.62. The average molecular weight is 386 g/mol. The minimum Gasteiger partial charge on any atom is -0.469 e. The molecule has 0 N–H and O–H groups in total. The Kier molecular flexibility index (Phi) is 4.44. The van der Waals surface area contributed by atoms with Gasteiger partial charge in [0.25, 0.3) is 0 Å². The summed E-state index contributed by atoms with van der Waals surface area (Å²) in [6, 6.07) is 12.7. The second-order valence-corrected chi connectivity index (χ2v) is 7.10. The van der Waals surface area contributed by atoms with Gasteiger partial charge < -0.3 is 4.42 Å². The third-order valence-electron chi connectivity index (χ3n) is 4.48. The molecule has 0 saturated heterocycles. The summed E-state index contributed by atoms with van der Waals surface area (Å²) < 4.78 is 46.9. The number of hydrogen-bond acceptors (Lipinski definition) is 4. The second kappa shape index (κ2) is 6.78. The number of rotatable bonds is 3. The smallest absolute Gasteiger partial charge is 0.418 e. The number of nitriles is 1. The third-order valence-corrected chi connectivity index (χ3v) is 5.53. The topological polar surface area (TPSA) is 49.8 Å². The molecule has 1 aromatic carbocycles. The van der Waals surface area contributed by atoms with Crippen LogP contribution in [-0.4, -0.2) is 4.98 Å². The van der Waals surface area contributed by atoms with E-state index in [2.05, 4.69) is 4.98 Å². The molecule has 0 spiro atoms. The summed E-state index contributed by atoms with van der Waals surface area (Å²) in [5, 5.41) is 9.59. The molecule has 3 aromatic rings. The van der Waals surface area contributed by atoms with Crippen LogP contribution in [-0.2, 0) is 24.8 Å². The van der Waals surface area contributed by atoms with Gasteiger partial charge in [0.15, 0.2) is 0 Å². The largest absolute Gasteiger partial charge is 0.469 e. The molecule has 136 valence electrons. The molecule has 0 atom stereocenters. The maximum absolute atomic E-state index is 13.9. The van der Waals surface area contributed by atoms with Gasteiger partial charge in [-0.3, -0.25) is 0 Å². The highest BCUT2D eigenvalue weighted by molar-refractivity contribution is 7.98. The molecular formula is C20H13F3N2OS. The van der Waals surface area contributed by atoms with E-state index >= 15 is 0 Å². The van der Waals surface area contributed by atoms with Crippen molar-refractivity contribution < 1.29 is 17.6 Å². The van der Waals surface area contributed by atoms with Crippen LogP contribution in [0.1, 0.15) is 28.0 Å². The Morgan fingerprint density at radius 1 is 1.15 bits per heavy atom. The Bertz CT molecular complexity index is 1040. The summed E-state index contributed by atoms with van der Waals surface area (Å²) in [6.45, 7) is 0. The minimum atomic E-state index is -4.62. The van der Waals surface area contributed by atoms with Gasteiger partial charge in [0.05, 0.1) is 23.1 Å². The Hall–Kier alpha value is -2.72. The van der Waals surface area contributed by atoms with Gasteiger partial charge in [0, 0.05) is 17.7 Å². The molecule has 1 aliphatic rings. The number of furan rings is 1. The zero-order chi connectivity index (χ0) is 19.0. The van der Waals surface area contributed by atoms with E-state index < -0.39 is 17.3 Å². The monoisotopic (exact) mass is 386 g/mol. The van der Waals surface area contributed by atoms with E-state index in [1.807, 2.05) is 30.3 Å². The number of aromatic nitrogens is 1. The summed E-state index contributed by atoms with van der Waals surface area (Å²) >= 11 is 1.14. The summed E-state index contributed by atoms with van der Waals surface area (Å²) in [6.07, 6.45) is -2.65. The number of halogens is 3. The van der Waals surface area contributed by atoms with Crippen LogP contribution in [0.25, 0.3) is 11.3 Å². The summed E-state index contributed by atoms with van der Waals surface area (Å²) in [4.78, 5) is 4.47. The van der Waals surface area contributed by atoms with Crippen LogP contribution in [0, 0.1) is 11.3 Å². The molecule has 0 aliphatic heterocycles. The zero-order valence-electron chi connectivity index (χ0n) is 14.0. The van der Waals surface area contributed by atoms with Gasteiger partial charge in [-0.05, 0) is 23.6 Å². The van der Waals surface area contributed by atoms with Crippen molar-refractivity contribution in [2.45, 2.75) is 29.8 Å². The molecule has 27 heavy (non-hydrogen) atoms. The fraction of sp³-hybridized carbons (Fsp3) is 0.200. The highest BCUT2D eigenvalue weighted by Gasteiger charge is 2.41. The number of benzene rings is 1. The number of aryl methyl sites for hydroxylation is 1. The van der Waals surface area contributed by atoms with Crippen molar-refractivity contribution >= 4 is 11.8 Å². The predicted molar refractivity (Wildman–Crippen MR) is 95.1 cm³/mol. The van der Waals surface area contributed by atoms with E-state index in [0.717, 1.165) is 17.3 Å². The Balaban J connectivity index is 1.87. The van der Waals surface area contributed by atoms with Crippen LogP contribution in [0.15, 0.2) is 52.1 Å². The van der Waals surface area contributed by atoms with Gasteiger partial charge in [0.1, 0.15) is 16.9 Å². The molecule has 4 rings (SSSR count). The lowest BCUT2D eigenvalue weighted by atomic mass is 9.89. The summed E-state index contributed by atoms with van der Waals surface area (Å²) in [7, 11) is 0. The lowest BCUT2D eigenvalue weighted by Gasteiger charge is -2.22. The molecule has 2 heterocycles. The molecule has 2 aromatic heterocycles. The van der Waals surface area contributed by atoms with E-state index in [9.17, 15) is 18.4 Å². The number of hydrogen-bond donors (Lipinski definition) is 0. The Labute approximate surface area is 157 Å². The fourth-order valence-corrected chi connectivity index (χ4v) is 4.24. The van der Waals surface area contributed by atoms with Crippen LogP contribution >= 0.6 is 11.8 Å². The first-order valence-electron chi connectivity index (χ1n) is 8.26. The van der Waals surface area contributed by atoms with E-state index in [-0.39, 0.29) is 22.7 Å². The number of thioether (sulfide) groups is 1. The van der Waals surface area contributed by atoms with Crippen LogP contribution in [0.2, 0.25) is 0 Å². The van der Waals surface area contributed by atoms with Gasteiger partial charge in [0.2, 0.25) is 0 Å². The van der Waals surface area contributed by atoms with E-state index in [0.29, 0.717) is 23.5 Å². The van der Waals surface area contributed by atoms with E-state index in [1.165, 1.54) is 6.26 Å². The number of pyridine rings is 1. The highest BCUT2D eigenvalue weighted by Crippen LogP contribution is 2.45. The molecule has 0 amide bonds. The van der Waals surface area contributed by atoms with Crippen LogP contribution in [0.4, 0.5) is 13.2 Å². The molecule has 1 aliphatic carbocycles. The van der Waals surface area contributed by atoms with Crippen molar-refractivity contribution in [2.75, 3.05) is 0 Å². The van der Waals surface area contributed by atoms with Crippen molar-refractivity contribution in [2.24, 2.45) is 0 Å². The van der Waals surface area contributed by atoms with Crippen molar-refractivity contribution in [3.8, 4) is 17.3 Å². The van der Waals surface area contributed by atoms with E-state index in [1.54, 1.807) is 12.1 Å². The fourth-order valence-electron chi connectivity index (χ4n) is 3.30. The SMILES string of the molecule is N#Cc1c(SCc2ccccc2)nc2c(c1C(F)(F)F)CCc1occc1-2. The van der Waals surface area contributed by atoms with Crippen molar-refractivity contribution in [1.82, 2.24) is 4.98 Å². The molecule has 0 fully saturated rings. The summed E-state index contributed by atoms with van der Waals surface area (Å²) in [5.41, 5.74) is 0.617. The van der Waals surface area contributed by atoms with Gasteiger partial charge >= 0.3 is 6.18 Å². The first kappa shape index (κ1) is 17.7. The lowest BCUT2D eigenvalue weighted by Crippen LogP contribution is -2.18. The van der Waals surface area contributed by atoms with Gasteiger partial charge in [-0.1, -0.05) is 30.3 Å². The normalized spacial score (nSPS) is 13.0. The maximum Gasteiger partial charge on any atom is 0.418 e. The number of nitrogens with zero attached hydrogens (tertiary/aromatic N) is 2.